The van der Waals surface area contributed by atoms with Crippen molar-refractivity contribution in [2.24, 2.45) is 5.92 Å². The minimum atomic E-state index is 0.228. The van der Waals surface area contributed by atoms with Crippen LogP contribution in [0, 0.1) is 12.8 Å². The number of aryl methyl sites for hydroxylation is 1. The lowest BCUT2D eigenvalue weighted by Gasteiger charge is -2.17. The molecule has 0 aliphatic heterocycles. The Morgan fingerprint density at radius 3 is 2.62 bits per heavy atom. The van der Waals surface area contributed by atoms with E-state index in [1.165, 1.54) is 10.4 Å². The summed E-state index contributed by atoms with van der Waals surface area (Å²) in [5.41, 5.74) is 1.18. The van der Waals surface area contributed by atoms with Crippen LogP contribution in [-0.2, 0) is 6.54 Å². The van der Waals surface area contributed by atoms with Gasteiger partial charge in [0.2, 0.25) is 0 Å². The zero-order chi connectivity index (χ0) is 17.5. The third kappa shape index (κ3) is 5.49. The van der Waals surface area contributed by atoms with E-state index in [1.54, 1.807) is 18.4 Å². The molecule has 0 radical (unpaired) electrons. The van der Waals surface area contributed by atoms with E-state index in [1.807, 2.05) is 19.2 Å². The molecule has 1 aromatic heterocycles. The first-order valence-corrected chi connectivity index (χ1v) is 9.26. The zero-order valence-corrected chi connectivity index (χ0v) is 16.1. The van der Waals surface area contributed by atoms with Gasteiger partial charge in [-0.3, -0.25) is 0 Å². The smallest absolute Gasteiger partial charge is 0.161 e. The number of rotatable bonds is 9. The molecule has 0 fully saturated rings. The van der Waals surface area contributed by atoms with E-state index in [2.05, 4.69) is 43.2 Å². The van der Waals surface area contributed by atoms with E-state index in [4.69, 9.17) is 9.47 Å². The van der Waals surface area contributed by atoms with Gasteiger partial charge < -0.3 is 14.8 Å². The number of hydrogen-bond acceptors (Lipinski definition) is 5. The predicted molar refractivity (Wildman–Crippen MR) is 100 cm³/mol. The molecule has 0 saturated carbocycles. The molecule has 2 rings (SSSR count). The summed E-state index contributed by atoms with van der Waals surface area (Å²) in [4.78, 5) is 5.54. The van der Waals surface area contributed by atoms with Crippen LogP contribution in [-0.4, -0.2) is 18.7 Å². The molecule has 1 aromatic carbocycles. The van der Waals surface area contributed by atoms with Gasteiger partial charge in [0.25, 0.3) is 0 Å². The molecule has 0 amide bonds. The van der Waals surface area contributed by atoms with Crippen LogP contribution >= 0.6 is 11.3 Å². The van der Waals surface area contributed by atoms with Gasteiger partial charge in [-0.1, -0.05) is 19.9 Å². The Balaban J connectivity index is 1.96. The molecule has 1 atom stereocenters. The zero-order valence-electron chi connectivity index (χ0n) is 15.3. The van der Waals surface area contributed by atoms with Gasteiger partial charge in [-0.05, 0) is 43.9 Å². The molecular formula is C19H28N2O2S. The number of ether oxygens (including phenoxy) is 2. The second-order valence-corrected chi connectivity index (χ2v) is 7.71. The minimum absolute atomic E-state index is 0.228. The molecular weight excluding hydrogens is 320 g/mol. The monoisotopic (exact) mass is 348 g/mol. The number of hydrogen-bond donors (Lipinski definition) is 1. The molecule has 5 heteroatoms. The average molecular weight is 349 g/mol. The quantitative estimate of drug-likeness (QED) is 0.711. The lowest BCUT2D eigenvalue weighted by molar-refractivity contribution is 0.272. The Morgan fingerprint density at radius 2 is 2.00 bits per heavy atom. The van der Waals surface area contributed by atoms with E-state index in [-0.39, 0.29) is 6.04 Å². The highest BCUT2D eigenvalue weighted by atomic mass is 32.1. The van der Waals surface area contributed by atoms with Crippen molar-refractivity contribution in [3.8, 4) is 11.5 Å². The van der Waals surface area contributed by atoms with Crippen molar-refractivity contribution in [1.82, 2.24) is 10.3 Å². The van der Waals surface area contributed by atoms with E-state index in [0.717, 1.165) is 29.5 Å². The molecule has 0 bridgehead atoms. The Bertz CT molecular complexity index is 640. The normalized spacial score (nSPS) is 12.4. The average Bonchev–Trinajstić information content (AvgIpc) is 2.98. The fourth-order valence-electron chi connectivity index (χ4n) is 2.34. The first-order chi connectivity index (χ1) is 11.5. The second-order valence-electron chi connectivity index (χ2n) is 6.39. The molecule has 2 aromatic rings. The van der Waals surface area contributed by atoms with Crippen LogP contribution in [0.3, 0.4) is 0 Å². The third-order valence-corrected chi connectivity index (χ3v) is 4.80. The summed E-state index contributed by atoms with van der Waals surface area (Å²) < 4.78 is 11.4. The van der Waals surface area contributed by atoms with Crippen LogP contribution in [0.1, 0.15) is 48.7 Å². The SMILES string of the molecule is COc1cc(C(C)NCc2cnc(C)s2)ccc1OCCC(C)C. The standard InChI is InChI=1S/C19H28N2O2S/c1-13(2)8-9-23-18-7-6-16(10-19(18)22-5)14(3)20-11-17-12-21-15(4)24-17/h6-7,10,12-14,20H,8-9,11H2,1-5H3. The third-order valence-electron chi connectivity index (χ3n) is 3.89. The molecule has 0 saturated heterocycles. The molecule has 132 valence electrons. The van der Waals surface area contributed by atoms with Crippen molar-refractivity contribution in [2.45, 2.75) is 46.7 Å². The van der Waals surface area contributed by atoms with Crippen molar-refractivity contribution in [3.63, 3.8) is 0 Å². The van der Waals surface area contributed by atoms with Gasteiger partial charge in [0.15, 0.2) is 11.5 Å². The number of aromatic nitrogens is 1. The van der Waals surface area contributed by atoms with E-state index < -0.39 is 0 Å². The molecule has 1 unspecified atom stereocenters. The predicted octanol–water partition coefficient (Wildman–Crippen LogP) is 4.74. The maximum Gasteiger partial charge on any atom is 0.161 e. The number of benzene rings is 1. The van der Waals surface area contributed by atoms with E-state index in [0.29, 0.717) is 12.5 Å². The van der Waals surface area contributed by atoms with Crippen molar-refractivity contribution >= 4 is 11.3 Å². The summed E-state index contributed by atoms with van der Waals surface area (Å²) in [6.45, 7) is 10.1. The maximum absolute atomic E-state index is 5.85. The first kappa shape index (κ1) is 18.7. The summed E-state index contributed by atoms with van der Waals surface area (Å²) >= 11 is 1.73. The number of methoxy groups -OCH3 is 1. The van der Waals surface area contributed by atoms with E-state index in [9.17, 15) is 0 Å². The van der Waals surface area contributed by atoms with Gasteiger partial charge in [-0.15, -0.1) is 11.3 Å². The summed E-state index contributed by atoms with van der Waals surface area (Å²) in [5, 5.41) is 4.63. The summed E-state index contributed by atoms with van der Waals surface area (Å²) in [5.74, 6) is 2.24. The van der Waals surface area contributed by atoms with Crippen LogP contribution in [0.25, 0.3) is 0 Å². The molecule has 0 aliphatic rings. The number of nitrogens with one attached hydrogen (secondary N) is 1. The van der Waals surface area contributed by atoms with Gasteiger partial charge in [0.1, 0.15) is 0 Å². The van der Waals surface area contributed by atoms with Crippen LogP contribution in [0.15, 0.2) is 24.4 Å². The molecule has 1 N–H and O–H groups in total. The Kier molecular flexibility index (Phi) is 7.06. The van der Waals surface area contributed by atoms with Crippen molar-refractivity contribution in [2.75, 3.05) is 13.7 Å². The highest BCUT2D eigenvalue weighted by Crippen LogP contribution is 2.30. The Labute approximate surface area is 149 Å². The van der Waals surface area contributed by atoms with E-state index >= 15 is 0 Å². The number of thiazole rings is 1. The van der Waals surface area contributed by atoms with Crippen LogP contribution in [0.4, 0.5) is 0 Å². The van der Waals surface area contributed by atoms with Crippen molar-refractivity contribution in [3.05, 3.63) is 39.8 Å². The van der Waals surface area contributed by atoms with Crippen molar-refractivity contribution in [1.29, 1.82) is 0 Å². The van der Waals surface area contributed by atoms with Crippen molar-refractivity contribution < 1.29 is 9.47 Å². The van der Waals surface area contributed by atoms with Gasteiger partial charge in [0.05, 0.1) is 18.7 Å². The van der Waals surface area contributed by atoms with Gasteiger partial charge >= 0.3 is 0 Å². The fourth-order valence-corrected chi connectivity index (χ4v) is 3.08. The number of nitrogens with zero attached hydrogens (tertiary/aromatic N) is 1. The van der Waals surface area contributed by atoms with Gasteiger partial charge in [-0.25, -0.2) is 4.98 Å². The summed E-state index contributed by atoms with van der Waals surface area (Å²) in [6, 6.07) is 6.39. The van der Waals surface area contributed by atoms with Gasteiger partial charge in [-0.2, -0.15) is 0 Å². The Morgan fingerprint density at radius 1 is 1.21 bits per heavy atom. The molecule has 4 nitrogen and oxygen atoms in total. The van der Waals surface area contributed by atoms with Crippen LogP contribution < -0.4 is 14.8 Å². The van der Waals surface area contributed by atoms with Crippen LogP contribution in [0.2, 0.25) is 0 Å². The van der Waals surface area contributed by atoms with Gasteiger partial charge in [0, 0.05) is 23.7 Å². The lowest BCUT2D eigenvalue weighted by Crippen LogP contribution is -2.17. The summed E-state index contributed by atoms with van der Waals surface area (Å²) in [6.07, 6.45) is 2.98. The largest absolute Gasteiger partial charge is 0.493 e. The lowest BCUT2D eigenvalue weighted by atomic mass is 10.1. The second kappa shape index (κ2) is 9.04. The highest BCUT2D eigenvalue weighted by Gasteiger charge is 2.11. The maximum atomic E-state index is 5.85. The molecule has 0 spiro atoms. The van der Waals surface area contributed by atoms with Crippen LogP contribution in [0.5, 0.6) is 11.5 Å². The molecule has 0 aliphatic carbocycles. The Hall–Kier alpha value is -1.59. The molecule has 1 heterocycles. The minimum Gasteiger partial charge on any atom is -0.493 e. The first-order valence-electron chi connectivity index (χ1n) is 8.45. The molecule has 24 heavy (non-hydrogen) atoms. The summed E-state index contributed by atoms with van der Waals surface area (Å²) in [7, 11) is 1.69. The highest BCUT2D eigenvalue weighted by molar-refractivity contribution is 7.11. The fraction of sp³-hybridized carbons (Fsp3) is 0.526. The topological polar surface area (TPSA) is 43.4 Å².